The first-order valence-electron chi connectivity index (χ1n) is 8.30. The van der Waals surface area contributed by atoms with Crippen LogP contribution in [0.2, 0.25) is 0 Å². The molecule has 6 heteroatoms. The molecule has 1 aliphatic carbocycles. The standard InChI is InChI=1S/C19H17N3O3/c1-10-6-7-14-15(18(10)25-9-11-8-24-11)16(19(23)20-14)17-12-4-2-3-5-13(12)21-22-17/h2-7,11,16,18H,1,8-9H2,(H,20,23)(H,21,22). The van der Waals surface area contributed by atoms with Gasteiger partial charge in [0, 0.05) is 16.7 Å². The zero-order chi connectivity index (χ0) is 17.0. The Morgan fingerprint density at radius 2 is 2.16 bits per heavy atom. The van der Waals surface area contributed by atoms with Crippen LogP contribution in [0, 0.1) is 0 Å². The number of benzene rings is 1. The number of H-pyrrole nitrogens is 1. The van der Waals surface area contributed by atoms with Crippen molar-refractivity contribution in [3.05, 3.63) is 65.5 Å². The molecule has 0 bridgehead atoms. The average Bonchev–Trinajstić information content (AvgIpc) is 3.26. The molecule has 5 rings (SSSR count). The van der Waals surface area contributed by atoms with E-state index in [1.807, 2.05) is 36.4 Å². The molecule has 1 saturated heterocycles. The molecular formula is C19H17N3O3. The molecule has 3 aliphatic rings. The number of carbonyl (C=O) groups is 1. The zero-order valence-corrected chi connectivity index (χ0v) is 13.5. The van der Waals surface area contributed by atoms with Crippen LogP contribution < -0.4 is 5.32 Å². The zero-order valence-electron chi connectivity index (χ0n) is 13.5. The summed E-state index contributed by atoms with van der Waals surface area (Å²) in [6, 6.07) is 7.81. The first-order valence-corrected chi connectivity index (χ1v) is 8.30. The summed E-state index contributed by atoms with van der Waals surface area (Å²) in [7, 11) is 0. The van der Waals surface area contributed by atoms with Gasteiger partial charge in [-0.1, -0.05) is 30.9 Å². The molecule has 3 heterocycles. The minimum Gasteiger partial charge on any atom is -0.371 e. The van der Waals surface area contributed by atoms with E-state index in [1.165, 1.54) is 0 Å². The number of epoxide rings is 1. The molecule has 2 aliphatic heterocycles. The van der Waals surface area contributed by atoms with Crippen molar-refractivity contribution in [1.29, 1.82) is 0 Å². The largest absolute Gasteiger partial charge is 0.371 e. The maximum Gasteiger partial charge on any atom is 0.237 e. The molecule has 0 spiro atoms. The van der Waals surface area contributed by atoms with E-state index >= 15 is 0 Å². The number of aromatic nitrogens is 2. The molecule has 3 unspecified atom stereocenters. The minimum atomic E-state index is -0.488. The van der Waals surface area contributed by atoms with E-state index in [0.29, 0.717) is 6.61 Å². The Labute approximate surface area is 144 Å². The summed E-state index contributed by atoms with van der Waals surface area (Å²) in [5.41, 5.74) is 4.14. The summed E-state index contributed by atoms with van der Waals surface area (Å²) in [6.45, 7) is 5.33. The Kier molecular flexibility index (Phi) is 3.16. The van der Waals surface area contributed by atoms with Crippen molar-refractivity contribution in [3.63, 3.8) is 0 Å². The van der Waals surface area contributed by atoms with Gasteiger partial charge in [-0.3, -0.25) is 9.89 Å². The van der Waals surface area contributed by atoms with Crippen molar-refractivity contribution in [2.75, 3.05) is 13.2 Å². The van der Waals surface area contributed by atoms with Crippen LogP contribution in [0.1, 0.15) is 11.6 Å². The van der Waals surface area contributed by atoms with E-state index in [9.17, 15) is 4.79 Å². The van der Waals surface area contributed by atoms with Crippen LogP contribution in [0.3, 0.4) is 0 Å². The number of nitrogens with one attached hydrogen (secondary N) is 2. The Bertz CT molecular complexity index is 952. The maximum absolute atomic E-state index is 12.7. The third kappa shape index (κ3) is 2.33. The van der Waals surface area contributed by atoms with Crippen molar-refractivity contribution in [2.45, 2.75) is 18.1 Å². The van der Waals surface area contributed by atoms with Gasteiger partial charge in [0.05, 0.1) is 24.4 Å². The highest BCUT2D eigenvalue weighted by atomic mass is 16.6. The Morgan fingerprint density at radius 1 is 1.32 bits per heavy atom. The monoisotopic (exact) mass is 335 g/mol. The molecule has 1 aromatic heterocycles. The highest BCUT2D eigenvalue weighted by Crippen LogP contribution is 2.41. The molecule has 126 valence electrons. The summed E-state index contributed by atoms with van der Waals surface area (Å²) in [5, 5.41) is 11.4. The second-order valence-corrected chi connectivity index (χ2v) is 6.52. The lowest BCUT2D eigenvalue weighted by atomic mass is 9.85. The number of hydrogen-bond donors (Lipinski definition) is 2. The number of hydrogen-bond acceptors (Lipinski definition) is 4. The number of ether oxygens (including phenoxy) is 2. The molecule has 3 atom stereocenters. The molecule has 2 N–H and O–H groups in total. The van der Waals surface area contributed by atoms with Gasteiger partial charge in [0.2, 0.25) is 5.91 Å². The van der Waals surface area contributed by atoms with E-state index in [4.69, 9.17) is 9.47 Å². The van der Waals surface area contributed by atoms with E-state index in [2.05, 4.69) is 22.1 Å². The number of para-hydroxylation sites is 1. The molecule has 6 nitrogen and oxygen atoms in total. The van der Waals surface area contributed by atoms with Gasteiger partial charge in [0.15, 0.2) is 0 Å². The predicted octanol–water partition coefficient (Wildman–Crippen LogP) is 1.94. The maximum atomic E-state index is 12.7. The number of aromatic amines is 1. The number of allylic oxidation sites excluding steroid dienone is 1. The van der Waals surface area contributed by atoms with Gasteiger partial charge in [-0.25, -0.2) is 0 Å². The number of nitrogens with zero attached hydrogens (tertiary/aromatic N) is 1. The molecule has 1 fully saturated rings. The predicted molar refractivity (Wildman–Crippen MR) is 91.8 cm³/mol. The van der Waals surface area contributed by atoms with Gasteiger partial charge in [0.1, 0.15) is 18.1 Å². The van der Waals surface area contributed by atoms with Gasteiger partial charge in [0.25, 0.3) is 0 Å². The lowest BCUT2D eigenvalue weighted by molar-refractivity contribution is -0.120. The molecule has 25 heavy (non-hydrogen) atoms. The van der Waals surface area contributed by atoms with Crippen LogP contribution in [0.5, 0.6) is 0 Å². The van der Waals surface area contributed by atoms with Crippen molar-refractivity contribution in [2.24, 2.45) is 0 Å². The molecular weight excluding hydrogens is 318 g/mol. The third-order valence-electron chi connectivity index (χ3n) is 4.85. The molecule has 0 saturated carbocycles. The quantitative estimate of drug-likeness (QED) is 0.837. The van der Waals surface area contributed by atoms with Gasteiger partial charge in [-0.05, 0) is 17.7 Å². The number of rotatable bonds is 4. The van der Waals surface area contributed by atoms with Crippen LogP contribution in [0.4, 0.5) is 0 Å². The molecule has 1 aromatic carbocycles. The summed E-state index contributed by atoms with van der Waals surface area (Å²) < 4.78 is 11.3. The first kappa shape index (κ1) is 14.6. The summed E-state index contributed by atoms with van der Waals surface area (Å²) in [6.07, 6.45) is 3.58. The highest BCUT2D eigenvalue weighted by molar-refractivity contribution is 5.97. The molecule has 0 radical (unpaired) electrons. The Balaban J connectivity index is 1.58. The van der Waals surface area contributed by atoms with Crippen molar-refractivity contribution >= 4 is 16.8 Å². The summed E-state index contributed by atoms with van der Waals surface area (Å²) in [4.78, 5) is 12.7. The summed E-state index contributed by atoms with van der Waals surface area (Å²) in [5.74, 6) is -0.573. The second-order valence-electron chi connectivity index (χ2n) is 6.52. The fourth-order valence-electron chi connectivity index (χ4n) is 3.52. The number of amides is 1. The summed E-state index contributed by atoms with van der Waals surface area (Å²) >= 11 is 0. The van der Waals surface area contributed by atoms with Gasteiger partial charge >= 0.3 is 0 Å². The smallest absolute Gasteiger partial charge is 0.237 e. The lowest BCUT2D eigenvalue weighted by Gasteiger charge is -2.25. The van der Waals surface area contributed by atoms with Crippen LogP contribution >= 0.6 is 0 Å². The third-order valence-corrected chi connectivity index (χ3v) is 4.85. The normalized spacial score (nSPS) is 27.8. The number of carbonyl (C=O) groups excluding carboxylic acids is 1. The van der Waals surface area contributed by atoms with Crippen LogP contribution in [0.25, 0.3) is 10.9 Å². The van der Waals surface area contributed by atoms with Crippen molar-refractivity contribution in [1.82, 2.24) is 15.5 Å². The average molecular weight is 335 g/mol. The topological polar surface area (TPSA) is 79.5 Å². The fraction of sp³-hybridized carbons (Fsp3) is 0.263. The molecule has 2 aromatic rings. The first-order chi connectivity index (χ1) is 12.2. The van der Waals surface area contributed by atoms with Crippen LogP contribution in [0.15, 0.2) is 59.8 Å². The lowest BCUT2D eigenvalue weighted by Crippen LogP contribution is -2.26. The van der Waals surface area contributed by atoms with E-state index < -0.39 is 5.92 Å². The van der Waals surface area contributed by atoms with E-state index in [1.54, 1.807) is 0 Å². The molecule has 1 amide bonds. The van der Waals surface area contributed by atoms with E-state index in [0.717, 1.165) is 40.0 Å². The van der Waals surface area contributed by atoms with Crippen LogP contribution in [-0.2, 0) is 14.3 Å². The Morgan fingerprint density at radius 3 is 3.00 bits per heavy atom. The van der Waals surface area contributed by atoms with Crippen molar-refractivity contribution < 1.29 is 14.3 Å². The fourth-order valence-corrected chi connectivity index (χ4v) is 3.52. The van der Waals surface area contributed by atoms with Gasteiger partial charge in [-0.15, -0.1) is 0 Å². The SMILES string of the molecule is C=C1C=CC2=C(C1OCC1CO1)C(c1n[nH]c3ccccc13)C(=O)N2. The number of fused-ring (bicyclic) bond motifs is 1. The van der Waals surface area contributed by atoms with E-state index in [-0.39, 0.29) is 18.1 Å². The highest BCUT2D eigenvalue weighted by Gasteiger charge is 2.43. The van der Waals surface area contributed by atoms with Crippen molar-refractivity contribution in [3.8, 4) is 0 Å². The Hall–Kier alpha value is -2.70. The van der Waals surface area contributed by atoms with Gasteiger partial charge in [-0.2, -0.15) is 5.10 Å². The van der Waals surface area contributed by atoms with Gasteiger partial charge < -0.3 is 14.8 Å². The van der Waals surface area contributed by atoms with Crippen LogP contribution in [-0.4, -0.2) is 41.5 Å². The second kappa shape index (κ2) is 5.40. The minimum absolute atomic E-state index is 0.0853.